The lowest BCUT2D eigenvalue weighted by molar-refractivity contribution is -0.150. The number of anilines is 1. The van der Waals surface area contributed by atoms with Crippen molar-refractivity contribution in [1.82, 2.24) is 5.32 Å². The topological polar surface area (TPSA) is 84.5 Å². The summed E-state index contributed by atoms with van der Waals surface area (Å²) < 4.78 is 32.6. The van der Waals surface area contributed by atoms with Crippen LogP contribution in [0, 0.1) is 31.4 Å². The zero-order valence-corrected chi connectivity index (χ0v) is 17.2. The maximum Gasteiger partial charge on any atom is 0.329 e. The van der Waals surface area contributed by atoms with Gasteiger partial charge in [-0.05, 0) is 43.0 Å². The molecule has 0 aromatic heterocycles. The number of para-hydroxylation sites is 1. The van der Waals surface area contributed by atoms with Crippen molar-refractivity contribution < 1.29 is 27.9 Å². The molecule has 1 atom stereocenters. The Hall–Kier alpha value is -3.29. The third-order valence-corrected chi connectivity index (χ3v) is 4.49. The number of benzene rings is 2. The average molecular weight is 418 g/mol. The number of hydrogen-bond donors (Lipinski definition) is 2. The molecule has 0 radical (unpaired) electrons. The number of carbonyl (C=O) groups is 3. The highest BCUT2D eigenvalue weighted by Gasteiger charge is 2.29. The predicted octanol–water partition coefficient (Wildman–Crippen LogP) is 3.52. The van der Waals surface area contributed by atoms with Crippen molar-refractivity contribution in [2.45, 2.75) is 33.7 Å². The van der Waals surface area contributed by atoms with Crippen LogP contribution in [0.4, 0.5) is 14.5 Å². The molecule has 0 unspecified atom stereocenters. The molecular formula is C22H24F2N2O4. The molecule has 30 heavy (non-hydrogen) atoms. The van der Waals surface area contributed by atoms with Crippen LogP contribution in [0.25, 0.3) is 0 Å². The quantitative estimate of drug-likeness (QED) is 0.674. The van der Waals surface area contributed by atoms with Gasteiger partial charge in [0.25, 0.3) is 11.8 Å². The fourth-order valence-corrected chi connectivity index (χ4v) is 2.84. The first-order chi connectivity index (χ1) is 14.1. The Morgan fingerprint density at radius 3 is 2.03 bits per heavy atom. The van der Waals surface area contributed by atoms with Gasteiger partial charge >= 0.3 is 5.97 Å². The van der Waals surface area contributed by atoms with Crippen molar-refractivity contribution in [2.75, 3.05) is 11.9 Å². The Bertz CT molecular complexity index is 920. The van der Waals surface area contributed by atoms with Gasteiger partial charge in [0.15, 0.2) is 6.61 Å². The Kier molecular flexibility index (Phi) is 7.63. The molecule has 6 nitrogen and oxygen atoms in total. The highest BCUT2D eigenvalue weighted by molar-refractivity contribution is 5.98. The van der Waals surface area contributed by atoms with Gasteiger partial charge in [-0.1, -0.05) is 38.1 Å². The van der Waals surface area contributed by atoms with Gasteiger partial charge in [0.2, 0.25) is 0 Å². The molecule has 2 amide bonds. The lowest BCUT2D eigenvalue weighted by Crippen LogP contribution is -2.46. The third kappa shape index (κ3) is 5.62. The molecule has 0 heterocycles. The molecule has 2 aromatic carbocycles. The molecule has 0 aliphatic rings. The largest absolute Gasteiger partial charge is 0.454 e. The van der Waals surface area contributed by atoms with Crippen LogP contribution in [-0.2, 0) is 14.3 Å². The minimum Gasteiger partial charge on any atom is -0.454 e. The van der Waals surface area contributed by atoms with E-state index >= 15 is 0 Å². The van der Waals surface area contributed by atoms with E-state index in [-0.39, 0.29) is 0 Å². The van der Waals surface area contributed by atoms with Gasteiger partial charge in [0.05, 0.1) is 0 Å². The van der Waals surface area contributed by atoms with Gasteiger partial charge in [0.1, 0.15) is 23.2 Å². The highest BCUT2D eigenvalue weighted by atomic mass is 19.1. The lowest BCUT2D eigenvalue weighted by atomic mass is 10.0. The van der Waals surface area contributed by atoms with E-state index in [0.29, 0.717) is 5.69 Å². The lowest BCUT2D eigenvalue weighted by Gasteiger charge is -2.21. The van der Waals surface area contributed by atoms with Crippen LogP contribution in [-0.4, -0.2) is 30.4 Å². The number of aryl methyl sites for hydroxylation is 2. The van der Waals surface area contributed by atoms with E-state index in [2.05, 4.69) is 10.6 Å². The van der Waals surface area contributed by atoms with E-state index in [4.69, 9.17) is 4.74 Å². The first-order valence-electron chi connectivity index (χ1n) is 9.39. The number of ether oxygens (including phenoxy) is 1. The molecule has 160 valence electrons. The molecule has 0 aliphatic carbocycles. The third-order valence-electron chi connectivity index (χ3n) is 4.49. The van der Waals surface area contributed by atoms with Crippen molar-refractivity contribution >= 4 is 23.5 Å². The van der Waals surface area contributed by atoms with Gasteiger partial charge in [-0.15, -0.1) is 0 Å². The predicted molar refractivity (Wildman–Crippen MR) is 108 cm³/mol. The van der Waals surface area contributed by atoms with Gasteiger partial charge in [-0.25, -0.2) is 13.6 Å². The Balaban J connectivity index is 2.02. The average Bonchev–Trinajstić information content (AvgIpc) is 2.67. The van der Waals surface area contributed by atoms with Crippen LogP contribution >= 0.6 is 0 Å². The normalized spacial score (nSPS) is 11.7. The summed E-state index contributed by atoms with van der Waals surface area (Å²) in [6.07, 6.45) is 0. The number of nitrogens with one attached hydrogen (secondary N) is 2. The SMILES string of the molecule is Cc1cccc(C)c1NC(=O)COC(=O)[C@@H](NC(=O)c1c(F)cccc1F)C(C)C. The van der Waals surface area contributed by atoms with E-state index in [1.807, 2.05) is 32.0 Å². The fraction of sp³-hybridized carbons (Fsp3) is 0.318. The molecule has 8 heteroatoms. The van der Waals surface area contributed by atoms with Crippen LogP contribution in [0.5, 0.6) is 0 Å². The maximum absolute atomic E-state index is 13.8. The van der Waals surface area contributed by atoms with Crippen LogP contribution in [0.2, 0.25) is 0 Å². The standard InChI is InChI=1S/C22H24F2N2O4/c1-12(2)19(26-21(28)18-15(23)9-6-10-16(18)24)22(29)30-11-17(27)25-20-13(3)7-5-8-14(20)4/h5-10,12,19H,11H2,1-4H3,(H,25,27)(H,26,28)/t19-/m0/s1. The zero-order chi connectivity index (χ0) is 22.4. The smallest absolute Gasteiger partial charge is 0.329 e. The van der Waals surface area contributed by atoms with E-state index in [9.17, 15) is 23.2 Å². The Labute approximate surface area is 173 Å². The van der Waals surface area contributed by atoms with Crippen molar-refractivity contribution in [1.29, 1.82) is 0 Å². The summed E-state index contributed by atoms with van der Waals surface area (Å²) in [7, 11) is 0. The summed E-state index contributed by atoms with van der Waals surface area (Å²) in [6.45, 7) is 6.35. The number of carbonyl (C=O) groups excluding carboxylic acids is 3. The van der Waals surface area contributed by atoms with E-state index in [0.717, 1.165) is 29.3 Å². The molecule has 0 spiro atoms. The fourth-order valence-electron chi connectivity index (χ4n) is 2.84. The van der Waals surface area contributed by atoms with Crippen LogP contribution < -0.4 is 10.6 Å². The maximum atomic E-state index is 13.8. The van der Waals surface area contributed by atoms with Crippen molar-refractivity contribution in [3.8, 4) is 0 Å². The molecule has 0 saturated carbocycles. The van der Waals surface area contributed by atoms with Crippen LogP contribution in [0.15, 0.2) is 36.4 Å². The second-order valence-corrected chi connectivity index (χ2v) is 7.21. The summed E-state index contributed by atoms with van der Waals surface area (Å²) in [4.78, 5) is 36.9. The molecule has 2 N–H and O–H groups in total. The molecule has 2 rings (SSSR count). The molecular weight excluding hydrogens is 394 g/mol. The molecule has 2 aromatic rings. The molecule has 0 fully saturated rings. The van der Waals surface area contributed by atoms with Crippen LogP contribution in [0.3, 0.4) is 0 Å². The van der Waals surface area contributed by atoms with E-state index in [1.54, 1.807) is 13.8 Å². The number of rotatable bonds is 7. The molecule has 0 aliphatic heterocycles. The summed E-state index contributed by atoms with van der Waals surface area (Å²) >= 11 is 0. The first-order valence-corrected chi connectivity index (χ1v) is 9.39. The first kappa shape index (κ1) is 23.0. The monoisotopic (exact) mass is 418 g/mol. The summed E-state index contributed by atoms with van der Waals surface area (Å²) in [5.41, 5.74) is 1.55. The van der Waals surface area contributed by atoms with Crippen molar-refractivity contribution in [3.63, 3.8) is 0 Å². The van der Waals surface area contributed by atoms with Gasteiger partial charge in [0, 0.05) is 5.69 Å². The second kappa shape index (κ2) is 9.96. The number of amides is 2. The van der Waals surface area contributed by atoms with Gasteiger partial charge < -0.3 is 15.4 Å². The second-order valence-electron chi connectivity index (χ2n) is 7.21. The summed E-state index contributed by atoms with van der Waals surface area (Å²) in [6, 6.07) is 7.35. The molecule has 0 bridgehead atoms. The Morgan fingerprint density at radius 1 is 0.967 bits per heavy atom. The van der Waals surface area contributed by atoms with Crippen molar-refractivity contribution in [2.24, 2.45) is 5.92 Å². The minimum absolute atomic E-state index is 0.446. The summed E-state index contributed by atoms with van der Waals surface area (Å²) in [5.74, 6) is -5.05. The number of hydrogen-bond acceptors (Lipinski definition) is 4. The zero-order valence-electron chi connectivity index (χ0n) is 17.2. The van der Waals surface area contributed by atoms with Crippen molar-refractivity contribution in [3.05, 3.63) is 64.7 Å². The number of halogens is 2. The Morgan fingerprint density at radius 2 is 1.50 bits per heavy atom. The molecule has 0 saturated heterocycles. The van der Waals surface area contributed by atoms with Crippen LogP contribution in [0.1, 0.15) is 35.3 Å². The highest BCUT2D eigenvalue weighted by Crippen LogP contribution is 2.19. The minimum atomic E-state index is -1.19. The van der Waals surface area contributed by atoms with E-state index in [1.165, 1.54) is 0 Å². The van der Waals surface area contributed by atoms with Gasteiger partial charge in [-0.3, -0.25) is 9.59 Å². The van der Waals surface area contributed by atoms with Gasteiger partial charge in [-0.2, -0.15) is 0 Å². The number of esters is 1. The summed E-state index contributed by atoms with van der Waals surface area (Å²) in [5, 5.41) is 4.96. The van der Waals surface area contributed by atoms with E-state index < -0.39 is 53.5 Å².